The van der Waals surface area contributed by atoms with Crippen LogP contribution in [-0.2, 0) is 11.0 Å². The second-order valence-electron chi connectivity index (χ2n) is 6.93. The number of anilines is 2. The Morgan fingerprint density at radius 1 is 1.17 bits per heavy atom. The average molecular weight is 423 g/mol. The first-order valence-corrected chi connectivity index (χ1v) is 9.91. The van der Waals surface area contributed by atoms with Crippen LogP contribution < -0.4 is 10.2 Å². The van der Waals surface area contributed by atoms with Crippen molar-refractivity contribution in [1.29, 1.82) is 0 Å². The Labute approximate surface area is 168 Å². The fraction of sp³-hybridized carbons (Fsp3) is 0.300. The van der Waals surface area contributed by atoms with Crippen LogP contribution in [0.25, 0.3) is 10.2 Å². The van der Waals surface area contributed by atoms with Gasteiger partial charge in [-0.3, -0.25) is 4.79 Å². The summed E-state index contributed by atoms with van der Waals surface area (Å²) < 4.78 is 52.6. The maximum atomic E-state index is 13.9. The quantitative estimate of drug-likeness (QED) is 0.581. The molecule has 1 unspecified atom stereocenters. The van der Waals surface area contributed by atoms with E-state index in [1.54, 1.807) is 12.1 Å². The third-order valence-corrected chi connectivity index (χ3v) is 5.98. The molecule has 3 aromatic rings. The lowest BCUT2D eigenvalue weighted by molar-refractivity contribution is -0.137. The molecule has 4 rings (SSSR count). The highest BCUT2D eigenvalue weighted by Gasteiger charge is 2.31. The van der Waals surface area contributed by atoms with Crippen LogP contribution in [0.3, 0.4) is 0 Å². The Morgan fingerprint density at radius 3 is 2.62 bits per heavy atom. The number of halogens is 4. The number of alkyl halides is 3. The molecule has 152 valence electrons. The number of carbonyl (C=O) groups excluding carboxylic acids is 1. The number of hydrogen-bond acceptors (Lipinski definition) is 4. The van der Waals surface area contributed by atoms with Crippen molar-refractivity contribution in [3.8, 4) is 0 Å². The first-order chi connectivity index (χ1) is 13.8. The number of thiazole rings is 1. The normalized spacial score (nSPS) is 17.5. The zero-order valence-electron chi connectivity index (χ0n) is 15.2. The molecule has 1 atom stereocenters. The minimum Gasteiger partial charge on any atom is -0.347 e. The number of piperidine rings is 1. The van der Waals surface area contributed by atoms with Gasteiger partial charge in [0.05, 0.1) is 16.2 Å². The van der Waals surface area contributed by atoms with Gasteiger partial charge < -0.3 is 10.2 Å². The number of para-hydroxylation sites is 1. The van der Waals surface area contributed by atoms with E-state index in [1.165, 1.54) is 29.5 Å². The molecule has 4 nitrogen and oxygen atoms in total. The highest BCUT2D eigenvalue weighted by atomic mass is 32.1. The molecular weight excluding hydrogens is 406 g/mol. The third kappa shape index (κ3) is 4.19. The van der Waals surface area contributed by atoms with Crippen LogP contribution in [0.1, 0.15) is 18.4 Å². The van der Waals surface area contributed by atoms with E-state index in [0.29, 0.717) is 35.8 Å². The molecule has 2 aromatic carbocycles. The minimum atomic E-state index is -4.41. The molecule has 1 aromatic heterocycles. The van der Waals surface area contributed by atoms with Crippen LogP contribution in [0, 0.1) is 11.7 Å². The SMILES string of the molecule is O=C(Nc1ccc(C(F)(F)F)cc1)C1CCCN(c2nc3c(F)cccc3s2)C1. The molecule has 0 aliphatic carbocycles. The average Bonchev–Trinajstić information content (AvgIpc) is 3.14. The molecule has 1 aliphatic rings. The smallest absolute Gasteiger partial charge is 0.347 e. The summed E-state index contributed by atoms with van der Waals surface area (Å²) in [5.41, 5.74) is -0.117. The number of nitrogens with zero attached hydrogens (tertiary/aromatic N) is 2. The highest BCUT2D eigenvalue weighted by molar-refractivity contribution is 7.22. The van der Waals surface area contributed by atoms with Gasteiger partial charge in [-0.1, -0.05) is 17.4 Å². The predicted octanol–water partition coefficient (Wildman–Crippen LogP) is 5.31. The summed E-state index contributed by atoms with van der Waals surface area (Å²) in [4.78, 5) is 19.0. The standard InChI is InChI=1S/C20H17F4N3OS/c21-15-4-1-5-16-17(15)26-19(29-16)27-10-2-3-12(11-27)18(28)25-14-8-6-13(7-9-14)20(22,23)24/h1,4-9,12H,2-3,10-11H2,(H,25,28). The molecule has 1 saturated heterocycles. The van der Waals surface area contributed by atoms with Crippen molar-refractivity contribution in [2.24, 2.45) is 5.92 Å². The van der Waals surface area contributed by atoms with Gasteiger partial charge >= 0.3 is 6.18 Å². The van der Waals surface area contributed by atoms with Crippen LogP contribution in [0.4, 0.5) is 28.4 Å². The maximum absolute atomic E-state index is 13.9. The number of carbonyl (C=O) groups is 1. The predicted molar refractivity (Wildman–Crippen MR) is 105 cm³/mol. The van der Waals surface area contributed by atoms with Gasteiger partial charge in [-0.25, -0.2) is 9.37 Å². The molecule has 29 heavy (non-hydrogen) atoms. The summed E-state index contributed by atoms with van der Waals surface area (Å²) >= 11 is 1.38. The van der Waals surface area contributed by atoms with E-state index in [-0.39, 0.29) is 17.6 Å². The van der Waals surface area contributed by atoms with E-state index in [9.17, 15) is 22.4 Å². The van der Waals surface area contributed by atoms with E-state index >= 15 is 0 Å². The first-order valence-electron chi connectivity index (χ1n) is 9.09. The molecule has 0 radical (unpaired) electrons. The van der Waals surface area contributed by atoms with Gasteiger partial charge in [0.15, 0.2) is 5.13 Å². The van der Waals surface area contributed by atoms with Crippen molar-refractivity contribution in [3.63, 3.8) is 0 Å². The Hall–Kier alpha value is -2.68. The van der Waals surface area contributed by atoms with E-state index in [1.807, 2.05) is 4.90 Å². The lowest BCUT2D eigenvalue weighted by atomic mass is 9.97. The Morgan fingerprint density at radius 2 is 1.93 bits per heavy atom. The molecule has 0 spiro atoms. The number of nitrogens with one attached hydrogen (secondary N) is 1. The zero-order chi connectivity index (χ0) is 20.6. The van der Waals surface area contributed by atoms with Crippen molar-refractivity contribution in [3.05, 3.63) is 53.8 Å². The van der Waals surface area contributed by atoms with Crippen LogP contribution in [0.5, 0.6) is 0 Å². The molecule has 0 saturated carbocycles. The number of amides is 1. The fourth-order valence-corrected chi connectivity index (χ4v) is 4.41. The van der Waals surface area contributed by atoms with Crippen molar-refractivity contribution < 1.29 is 22.4 Å². The van der Waals surface area contributed by atoms with Crippen LogP contribution >= 0.6 is 11.3 Å². The number of fused-ring (bicyclic) bond motifs is 1. The topological polar surface area (TPSA) is 45.2 Å². The van der Waals surface area contributed by atoms with Crippen LogP contribution in [-0.4, -0.2) is 24.0 Å². The van der Waals surface area contributed by atoms with Crippen molar-refractivity contribution >= 4 is 38.3 Å². The zero-order valence-corrected chi connectivity index (χ0v) is 16.0. The number of hydrogen-bond donors (Lipinski definition) is 1. The van der Waals surface area contributed by atoms with Gasteiger partial charge in [0, 0.05) is 18.8 Å². The molecule has 9 heteroatoms. The number of benzene rings is 2. The second kappa shape index (κ2) is 7.62. The Kier molecular flexibility index (Phi) is 5.16. The summed E-state index contributed by atoms with van der Waals surface area (Å²) in [6.45, 7) is 1.14. The van der Waals surface area contributed by atoms with Crippen LogP contribution in [0.15, 0.2) is 42.5 Å². The third-order valence-electron chi connectivity index (χ3n) is 4.90. The van der Waals surface area contributed by atoms with Crippen molar-refractivity contribution in [1.82, 2.24) is 4.98 Å². The van der Waals surface area contributed by atoms with Gasteiger partial charge in [0.2, 0.25) is 5.91 Å². The van der Waals surface area contributed by atoms with E-state index < -0.39 is 11.7 Å². The highest BCUT2D eigenvalue weighted by Crippen LogP contribution is 2.33. The van der Waals surface area contributed by atoms with Crippen molar-refractivity contribution in [2.75, 3.05) is 23.3 Å². The van der Waals surface area contributed by atoms with Gasteiger partial charge in [-0.05, 0) is 49.2 Å². The van der Waals surface area contributed by atoms with E-state index in [2.05, 4.69) is 10.3 Å². The molecule has 1 amide bonds. The van der Waals surface area contributed by atoms with Gasteiger partial charge in [-0.2, -0.15) is 13.2 Å². The second-order valence-corrected chi connectivity index (χ2v) is 7.94. The molecule has 2 heterocycles. The Balaban J connectivity index is 1.45. The lowest BCUT2D eigenvalue weighted by Crippen LogP contribution is -2.40. The minimum absolute atomic E-state index is 0.248. The monoisotopic (exact) mass is 423 g/mol. The largest absolute Gasteiger partial charge is 0.416 e. The van der Waals surface area contributed by atoms with E-state index in [4.69, 9.17) is 0 Å². The molecule has 0 bridgehead atoms. The summed E-state index contributed by atoms with van der Waals surface area (Å²) in [7, 11) is 0. The summed E-state index contributed by atoms with van der Waals surface area (Å²) in [5, 5.41) is 3.35. The van der Waals surface area contributed by atoms with Crippen molar-refractivity contribution in [2.45, 2.75) is 19.0 Å². The summed E-state index contributed by atoms with van der Waals surface area (Å²) in [6, 6.07) is 9.18. The maximum Gasteiger partial charge on any atom is 0.416 e. The molecule has 1 N–H and O–H groups in total. The number of aromatic nitrogens is 1. The van der Waals surface area contributed by atoms with Crippen LogP contribution in [0.2, 0.25) is 0 Å². The summed E-state index contributed by atoms with van der Waals surface area (Å²) in [6.07, 6.45) is -2.98. The van der Waals surface area contributed by atoms with E-state index in [0.717, 1.165) is 23.3 Å². The first kappa shape index (κ1) is 19.6. The number of rotatable bonds is 3. The lowest BCUT2D eigenvalue weighted by Gasteiger charge is -2.31. The van der Waals surface area contributed by atoms with Gasteiger partial charge in [0.25, 0.3) is 0 Å². The molecular formula is C20H17F4N3OS. The molecule has 1 aliphatic heterocycles. The van der Waals surface area contributed by atoms with Gasteiger partial charge in [-0.15, -0.1) is 0 Å². The fourth-order valence-electron chi connectivity index (χ4n) is 3.39. The molecule has 1 fully saturated rings. The van der Waals surface area contributed by atoms with Gasteiger partial charge in [0.1, 0.15) is 11.3 Å². The summed E-state index contributed by atoms with van der Waals surface area (Å²) in [5.74, 6) is -0.955. The Bertz CT molecular complexity index is 1030.